The van der Waals surface area contributed by atoms with Crippen LogP contribution < -0.4 is 0 Å². The van der Waals surface area contributed by atoms with Crippen molar-refractivity contribution in [3.05, 3.63) is 71.8 Å². The van der Waals surface area contributed by atoms with Gasteiger partial charge in [-0.15, -0.1) is 12.6 Å². The maximum atomic E-state index is 5.21. The summed E-state index contributed by atoms with van der Waals surface area (Å²) in [6.45, 7) is 1.58. The summed E-state index contributed by atoms with van der Waals surface area (Å²) >= 11 is 9.52. The Kier molecular flexibility index (Phi) is 8.17. The Morgan fingerprint density at radius 2 is 1.21 bits per heavy atom. The molecule has 0 radical (unpaired) electrons. The van der Waals surface area contributed by atoms with Crippen molar-refractivity contribution in [3.63, 3.8) is 0 Å². The van der Waals surface area contributed by atoms with Crippen LogP contribution in [-0.2, 0) is 13.1 Å². The molecule has 0 spiro atoms. The first-order valence-electron chi connectivity index (χ1n) is 5.81. The van der Waals surface area contributed by atoms with Crippen LogP contribution in [0.2, 0.25) is 0 Å². The summed E-state index contributed by atoms with van der Waals surface area (Å²) in [5.74, 6) is 0. The Labute approximate surface area is 159 Å². The van der Waals surface area contributed by atoms with Gasteiger partial charge in [-0.05, 0) is 11.1 Å². The predicted octanol–water partition coefficient (Wildman–Crippen LogP) is 3.90. The monoisotopic (exact) mass is 413 g/mol. The Hall–Kier alpha value is 0.0566. The molecule has 0 bridgehead atoms. The van der Waals surface area contributed by atoms with Gasteiger partial charge < -0.3 is 4.90 Å². The van der Waals surface area contributed by atoms with Gasteiger partial charge in [0.25, 0.3) is 0 Å². The molecular formula is C15H15CeNS2. The van der Waals surface area contributed by atoms with Gasteiger partial charge in [-0.25, -0.2) is 0 Å². The van der Waals surface area contributed by atoms with E-state index in [2.05, 4.69) is 41.8 Å². The molecule has 0 amide bonds. The second-order valence-corrected chi connectivity index (χ2v) is 5.22. The molecule has 0 saturated carbocycles. The predicted molar refractivity (Wildman–Crippen MR) is 83.7 cm³/mol. The molecule has 0 aliphatic carbocycles. The molecule has 0 atom stereocenters. The second-order valence-electron chi connectivity index (χ2n) is 4.11. The Balaban J connectivity index is 0.00000180. The van der Waals surface area contributed by atoms with Gasteiger partial charge in [-0.2, -0.15) is 0 Å². The fourth-order valence-electron chi connectivity index (χ4n) is 1.80. The molecule has 0 aromatic heterocycles. The SMILES string of the molecule is S=C(S)N(Cc1ccccc1)Cc1ccccc1.[Ce]. The number of nitrogens with zero attached hydrogens (tertiary/aromatic N) is 1. The molecule has 2 rings (SSSR count). The summed E-state index contributed by atoms with van der Waals surface area (Å²) in [7, 11) is 0. The van der Waals surface area contributed by atoms with E-state index in [0.717, 1.165) is 13.1 Å². The number of thiocarbonyl (C=S) groups is 1. The van der Waals surface area contributed by atoms with Crippen molar-refractivity contribution in [2.75, 3.05) is 0 Å². The molecule has 0 N–H and O–H groups in total. The normalized spacial score (nSPS) is 9.53. The third-order valence-electron chi connectivity index (χ3n) is 2.70. The maximum Gasteiger partial charge on any atom is 0.133 e. The largest absolute Gasteiger partial charge is 0.349 e. The van der Waals surface area contributed by atoms with E-state index in [4.69, 9.17) is 12.2 Å². The van der Waals surface area contributed by atoms with Crippen molar-refractivity contribution in [1.82, 2.24) is 4.90 Å². The summed E-state index contributed by atoms with van der Waals surface area (Å²) in [6.07, 6.45) is 0. The molecule has 0 aliphatic heterocycles. The van der Waals surface area contributed by atoms with Crippen LogP contribution in [-0.4, -0.2) is 9.22 Å². The molecule has 0 fully saturated rings. The van der Waals surface area contributed by atoms with E-state index in [1.54, 1.807) is 0 Å². The Bertz CT molecular complexity index is 461. The molecule has 96 valence electrons. The van der Waals surface area contributed by atoms with Crippen LogP contribution in [0.1, 0.15) is 11.1 Å². The van der Waals surface area contributed by atoms with Crippen LogP contribution in [0.5, 0.6) is 0 Å². The average molecular weight is 414 g/mol. The van der Waals surface area contributed by atoms with Crippen LogP contribution >= 0.6 is 24.8 Å². The van der Waals surface area contributed by atoms with Crippen LogP contribution in [0.4, 0.5) is 0 Å². The molecule has 0 aliphatic rings. The van der Waals surface area contributed by atoms with Gasteiger partial charge in [-0.1, -0.05) is 72.9 Å². The number of hydrogen-bond acceptors (Lipinski definition) is 1. The minimum Gasteiger partial charge on any atom is -0.349 e. The van der Waals surface area contributed by atoms with Crippen molar-refractivity contribution in [3.8, 4) is 0 Å². The summed E-state index contributed by atoms with van der Waals surface area (Å²) in [5.41, 5.74) is 2.48. The third-order valence-corrected chi connectivity index (χ3v) is 3.24. The summed E-state index contributed by atoms with van der Waals surface area (Å²) in [5, 5.41) is 0. The van der Waals surface area contributed by atoms with E-state index in [1.807, 2.05) is 36.4 Å². The average Bonchev–Trinajstić information content (AvgIpc) is 2.40. The zero-order chi connectivity index (χ0) is 12.8. The van der Waals surface area contributed by atoms with Crippen molar-refractivity contribution >= 4 is 29.2 Å². The summed E-state index contributed by atoms with van der Waals surface area (Å²) in [4.78, 5) is 2.09. The topological polar surface area (TPSA) is 3.24 Å². The second kappa shape index (κ2) is 9.08. The Morgan fingerprint density at radius 3 is 1.53 bits per heavy atom. The first-order valence-corrected chi connectivity index (χ1v) is 6.67. The van der Waals surface area contributed by atoms with Crippen LogP contribution in [0.3, 0.4) is 0 Å². The molecule has 19 heavy (non-hydrogen) atoms. The molecule has 2 aromatic rings. The van der Waals surface area contributed by atoms with Crippen molar-refractivity contribution in [2.24, 2.45) is 0 Å². The number of benzene rings is 2. The first kappa shape index (κ1) is 17.1. The van der Waals surface area contributed by atoms with Gasteiger partial charge in [0, 0.05) is 54.8 Å². The zero-order valence-corrected chi connectivity index (χ0v) is 15.3. The van der Waals surface area contributed by atoms with E-state index in [9.17, 15) is 0 Å². The molecular weight excluding hydrogens is 398 g/mol. The van der Waals surface area contributed by atoms with Gasteiger partial charge in [0.05, 0.1) is 0 Å². The zero-order valence-electron chi connectivity index (χ0n) is 10.5. The summed E-state index contributed by atoms with van der Waals surface area (Å²) < 4.78 is 0.628. The van der Waals surface area contributed by atoms with E-state index in [0.29, 0.717) is 4.32 Å². The molecule has 2 aromatic carbocycles. The van der Waals surface area contributed by atoms with Crippen LogP contribution in [0.25, 0.3) is 0 Å². The Morgan fingerprint density at radius 1 is 0.842 bits per heavy atom. The van der Waals surface area contributed by atoms with Gasteiger partial charge in [0.2, 0.25) is 0 Å². The minimum atomic E-state index is 0. The number of hydrogen-bond donors (Lipinski definition) is 1. The quantitative estimate of drug-likeness (QED) is 0.598. The molecule has 1 nitrogen and oxygen atoms in total. The van der Waals surface area contributed by atoms with Gasteiger partial charge in [0.15, 0.2) is 0 Å². The maximum absolute atomic E-state index is 5.21. The fraction of sp³-hybridized carbons (Fsp3) is 0.133. The smallest absolute Gasteiger partial charge is 0.133 e. The van der Waals surface area contributed by atoms with Crippen molar-refractivity contribution in [2.45, 2.75) is 13.1 Å². The molecule has 0 heterocycles. The van der Waals surface area contributed by atoms with E-state index in [1.165, 1.54) is 11.1 Å². The number of thiol groups is 1. The van der Waals surface area contributed by atoms with E-state index in [-0.39, 0.29) is 41.7 Å². The first-order chi connectivity index (χ1) is 8.75. The van der Waals surface area contributed by atoms with Gasteiger partial charge in [-0.3, -0.25) is 0 Å². The van der Waals surface area contributed by atoms with Gasteiger partial charge in [0.1, 0.15) is 4.32 Å². The number of rotatable bonds is 4. The van der Waals surface area contributed by atoms with Crippen LogP contribution in [0, 0.1) is 41.7 Å². The standard InChI is InChI=1S/C15H15NS2.Ce/c17-15(18)16(11-13-7-3-1-4-8-13)12-14-9-5-2-6-10-14;/h1-10H,11-12H2,(H,17,18);. The third kappa shape index (κ3) is 5.91. The minimum absolute atomic E-state index is 0. The van der Waals surface area contributed by atoms with E-state index < -0.39 is 0 Å². The summed E-state index contributed by atoms with van der Waals surface area (Å²) in [6, 6.07) is 20.6. The van der Waals surface area contributed by atoms with Crippen molar-refractivity contribution < 1.29 is 41.7 Å². The molecule has 0 unspecified atom stereocenters. The van der Waals surface area contributed by atoms with E-state index >= 15 is 0 Å². The van der Waals surface area contributed by atoms with Crippen molar-refractivity contribution in [1.29, 1.82) is 0 Å². The molecule has 4 heteroatoms. The van der Waals surface area contributed by atoms with Crippen LogP contribution in [0.15, 0.2) is 60.7 Å². The fourth-order valence-corrected chi connectivity index (χ4v) is 2.07. The molecule has 0 saturated heterocycles. The van der Waals surface area contributed by atoms with Gasteiger partial charge >= 0.3 is 0 Å².